The highest BCUT2D eigenvalue weighted by Crippen LogP contribution is 2.26. The number of rotatable bonds is 4. The average Bonchev–Trinajstić information content (AvgIpc) is 2.73. The number of aromatic nitrogens is 1. The summed E-state index contributed by atoms with van der Waals surface area (Å²) in [6.07, 6.45) is 2.29. The Hall–Kier alpha value is -0.420. The molecule has 1 atom stereocenters. The second-order valence-electron chi connectivity index (χ2n) is 3.55. The van der Waals surface area contributed by atoms with Crippen molar-refractivity contribution in [1.29, 1.82) is 0 Å². The molecule has 0 saturated carbocycles. The van der Waals surface area contributed by atoms with Crippen molar-refractivity contribution in [3.05, 3.63) is 23.5 Å². The summed E-state index contributed by atoms with van der Waals surface area (Å²) >= 11 is 16.4. The minimum Gasteiger partial charge on any atom is -0.457 e. The van der Waals surface area contributed by atoms with Gasteiger partial charge in [0, 0.05) is 17.9 Å². The highest BCUT2D eigenvalue weighted by atomic mass is 35.6. The summed E-state index contributed by atoms with van der Waals surface area (Å²) in [6.45, 7) is 1.66. The molecule has 4 nitrogen and oxygen atoms in total. The molecule has 3 N–H and O–H groups in total. The molecule has 1 rings (SSSR count). The second-order valence-corrected chi connectivity index (χ2v) is 6.07. The van der Waals surface area contributed by atoms with Gasteiger partial charge < -0.3 is 15.5 Å². The van der Waals surface area contributed by atoms with Crippen LogP contribution in [0.2, 0.25) is 0 Å². The van der Waals surface area contributed by atoms with Gasteiger partial charge in [-0.2, -0.15) is 0 Å². The molecule has 1 aromatic rings. The van der Waals surface area contributed by atoms with Gasteiger partial charge in [0.05, 0.1) is 5.56 Å². The van der Waals surface area contributed by atoms with Crippen molar-refractivity contribution >= 4 is 40.8 Å². The van der Waals surface area contributed by atoms with Crippen LogP contribution in [0.5, 0.6) is 0 Å². The number of hydrogen-bond donors (Lipinski definition) is 2. The van der Waals surface area contributed by atoms with Crippen LogP contribution in [-0.4, -0.2) is 21.4 Å². The average molecular weight is 300 g/mol. The Labute approximate surface area is 114 Å². The third-order valence-electron chi connectivity index (χ3n) is 2.15. The molecule has 0 saturated heterocycles. The standard InChI is InChI=1S/C10H13Cl3N2O2/c1-2-7(14)8-3-6(4-15-8)9(16)17-5-10(11,12)13/h3-4,7,15H,2,5,14H2,1H3/t7-/m1/s1. The Kier molecular flexibility index (Phi) is 5.13. The number of hydrogen-bond acceptors (Lipinski definition) is 3. The van der Waals surface area contributed by atoms with Gasteiger partial charge in [0.15, 0.2) is 0 Å². The number of nitrogens with one attached hydrogen (secondary N) is 1. The lowest BCUT2D eigenvalue weighted by molar-refractivity contribution is 0.0512. The maximum atomic E-state index is 11.6. The first-order valence-corrected chi connectivity index (χ1v) is 6.14. The van der Waals surface area contributed by atoms with Gasteiger partial charge in [-0.25, -0.2) is 4.79 Å². The molecule has 0 spiro atoms. The van der Waals surface area contributed by atoms with E-state index in [4.69, 9.17) is 45.3 Å². The van der Waals surface area contributed by atoms with Crippen LogP contribution in [0.15, 0.2) is 12.3 Å². The van der Waals surface area contributed by atoms with Gasteiger partial charge in [-0.05, 0) is 12.5 Å². The fourth-order valence-corrected chi connectivity index (χ4v) is 1.36. The van der Waals surface area contributed by atoms with Crippen molar-refractivity contribution < 1.29 is 9.53 Å². The van der Waals surface area contributed by atoms with Crippen LogP contribution in [0.4, 0.5) is 0 Å². The smallest absolute Gasteiger partial charge is 0.339 e. The Bertz CT molecular complexity index is 387. The molecule has 7 heteroatoms. The molecule has 17 heavy (non-hydrogen) atoms. The van der Waals surface area contributed by atoms with Crippen molar-refractivity contribution in [3.63, 3.8) is 0 Å². The number of ether oxygens (including phenoxy) is 1. The molecule has 0 bridgehead atoms. The molecule has 0 aliphatic heterocycles. The van der Waals surface area contributed by atoms with Crippen LogP contribution in [0.3, 0.4) is 0 Å². The maximum Gasteiger partial charge on any atom is 0.339 e. The minimum atomic E-state index is -1.60. The van der Waals surface area contributed by atoms with E-state index in [1.54, 1.807) is 6.07 Å². The highest BCUT2D eigenvalue weighted by molar-refractivity contribution is 6.67. The van der Waals surface area contributed by atoms with Crippen molar-refractivity contribution in [1.82, 2.24) is 4.98 Å². The molecule has 0 amide bonds. The zero-order valence-corrected chi connectivity index (χ0v) is 11.4. The van der Waals surface area contributed by atoms with Crippen molar-refractivity contribution in [2.75, 3.05) is 6.61 Å². The minimum absolute atomic E-state index is 0.135. The Morgan fingerprint density at radius 3 is 2.76 bits per heavy atom. The van der Waals surface area contributed by atoms with Crippen LogP contribution in [0.25, 0.3) is 0 Å². The summed E-state index contributed by atoms with van der Waals surface area (Å²) in [5, 5.41) is 0. The van der Waals surface area contributed by atoms with E-state index >= 15 is 0 Å². The van der Waals surface area contributed by atoms with Gasteiger partial charge in [0.1, 0.15) is 6.61 Å². The fourth-order valence-electron chi connectivity index (χ4n) is 1.19. The number of carbonyl (C=O) groups is 1. The van der Waals surface area contributed by atoms with Crippen molar-refractivity contribution in [2.24, 2.45) is 5.73 Å². The molecular formula is C10H13Cl3N2O2. The highest BCUT2D eigenvalue weighted by Gasteiger charge is 2.23. The van der Waals surface area contributed by atoms with Gasteiger partial charge in [-0.15, -0.1) is 0 Å². The molecule has 0 aliphatic rings. The first-order chi connectivity index (χ1) is 7.83. The van der Waals surface area contributed by atoms with Crippen LogP contribution in [0.1, 0.15) is 35.4 Å². The molecule has 0 aliphatic carbocycles. The van der Waals surface area contributed by atoms with Crippen LogP contribution in [-0.2, 0) is 4.74 Å². The van der Waals surface area contributed by atoms with Gasteiger partial charge >= 0.3 is 5.97 Å². The maximum absolute atomic E-state index is 11.6. The topological polar surface area (TPSA) is 68.1 Å². The molecular weight excluding hydrogens is 286 g/mol. The number of esters is 1. The lowest BCUT2D eigenvalue weighted by atomic mass is 10.1. The zero-order chi connectivity index (χ0) is 13.1. The summed E-state index contributed by atoms with van der Waals surface area (Å²) in [4.78, 5) is 14.5. The molecule has 0 unspecified atom stereocenters. The van der Waals surface area contributed by atoms with E-state index in [2.05, 4.69) is 4.98 Å². The molecule has 0 aromatic carbocycles. The van der Waals surface area contributed by atoms with Crippen LogP contribution < -0.4 is 5.73 Å². The quantitative estimate of drug-likeness (QED) is 0.663. The largest absolute Gasteiger partial charge is 0.457 e. The number of nitrogens with two attached hydrogens (primary N) is 1. The molecule has 96 valence electrons. The van der Waals surface area contributed by atoms with Crippen molar-refractivity contribution in [3.8, 4) is 0 Å². The third kappa shape index (κ3) is 4.76. The Balaban J connectivity index is 2.61. The second kappa shape index (κ2) is 5.96. The third-order valence-corrected chi connectivity index (χ3v) is 2.47. The van der Waals surface area contributed by atoms with E-state index in [9.17, 15) is 4.79 Å². The molecule has 0 fully saturated rings. The van der Waals surface area contributed by atoms with Crippen molar-refractivity contribution in [2.45, 2.75) is 23.2 Å². The van der Waals surface area contributed by atoms with E-state index in [0.29, 0.717) is 5.56 Å². The SMILES string of the molecule is CC[C@@H](N)c1cc(C(=O)OCC(Cl)(Cl)Cl)c[nH]1. The first kappa shape index (κ1) is 14.6. The number of carbonyl (C=O) groups excluding carboxylic acids is 1. The summed E-state index contributed by atoms with van der Waals surface area (Å²) in [5.41, 5.74) is 6.94. The van der Waals surface area contributed by atoms with Gasteiger partial charge in [-0.3, -0.25) is 0 Å². The Morgan fingerprint density at radius 1 is 1.59 bits per heavy atom. The summed E-state index contributed by atoms with van der Waals surface area (Å²) < 4.78 is 3.22. The molecule has 1 aromatic heterocycles. The number of H-pyrrole nitrogens is 1. The van der Waals surface area contributed by atoms with E-state index in [0.717, 1.165) is 12.1 Å². The molecule has 1 heterocycles. The number of halogens is 3. The summed E-state index contributed by atoms with van der Waals surface area (Å²) in [5.74, 6) is -0.554. The van der Waals surface area contributed by atoms with Crippen LogP contribution in [0, 0.1) is 0 Å². The van der Waals surface area contributed by atoms with Crippen LogP contribution >= 0.6 is 34.8 Å². The van der Waals surface area contributed by atoms with Gasteiger partial charge in [-0.1, -0.05) is 41.7 Å². The Morgan fingerprint density at radius 2 is 2.24 bits per heavy atom. The fraction of sp³-hybridized carbons (Fsp3) is 0.500. The predicted octanol–water partition coefficient (Wildman–Crippen LogP) is 2.95. The predicted molar refractivity (Wildman–Crippen MR) is 68.6 cm³/mol. The lowest BCUT2D eigenvalue weighted by Gasteiger charge is -2.10. The lowest BCUT2D eigenvalue weighted by Crippen LogP contribution is -2.17. The van der Waals surface area contributed by atoms with E-state index in [1.165, 1.54) is 6.20 Å². The van der Waals surface area contributed by atoms with E-state index < -0.39 is 9.76 Å². The van der Waals surface area contributed by atoms with Gasteiger partial charge in [0.25, 0.3) is 0 Å². The number of aromatic amines is 1. The summed E-state index contributed by atoms with van der Waals surface area (Å²) in [6, 6.07) is 1.50. The zero-order valence-electron chi connectivity index (χ0n) is 9.17. The van der Waals surface area contributed by atoms with Gasteiger partial charge in [0.2, 0.25) is 3.79 Å². The number of alkyl halides is 3. The summed E-state index contributed by atoms with van der Waals surface area (Å²) in [7, 11) is 0. The first-order valence-electron chi connectivity index (χ1n) is 5.01. The van der Waals surface area contributed by atoms with E-state index in [1.807, 2.05) is 6.92 Å². The normalized spacial score (nSPS) is 13.5. The monoisotopic (exact) mass is 298 g/mol. The van der Waals surface area contributed by atoms with E-state index in [-0.39, 0.29) is 12.6 Å². The molecule has 0 radical (unpaired) electrons.